The van der Waals surface area contributed by atoms with Crippen molar-refractivity contribution < 1.29 is 9.90 Å². The molecule has 1 atom stereocenters. The summed E-state index contributed by atoms with van der Waals surface area (Å²) in [5.41, 5.74) is 3.47. The van der Waals surface area contributed by atoms with Gasteiger partial charge >= 0.3 is 0 Å². The molecule has 0 fully saturated rings. The highest BCUT2D eigenvalue weighted by Crippen LogP contribution is 2.23. The summed E-state index contributed by atoms with van der Waals surface area (Å²) in [4.78, 5) is 22.8. The number of hydrogen-bond acceptors (Lipinski definition) is 4. The number of amides is 1. The van der Waals surface area contributed by atoms with Crippen LogP contribution in [0.15, 0.2) is 24.8 Å². The van der Waals surface area contributed by atoms with Crippen molar-refractivity contribution in [3.05, 3.63) is 47.3 Å². The van der Waals surface area contributed by atoms with E-state index < -0.39 is 0 Å². The standard InChI is InChI=1S/C15H18N4O2/c1-10-3-11(6-16-5-10)15(21)19-7-13-14(4-12(19)8-20)18(2)9-17-13/h3,5-6,9,12,20H,4,7-8H2,1-2H3/t12-/m0/s1. The lowest BCUT2D eigenvalue weighted by molar-refractivity contribution is 0.0535. The average molecular weight is 286 g/mol. The number of fused-ring (bicyclic) bond motifs is 1. The van der Waals surface area contributed by atoms with Crippen LogP contribution in [-0.2, 0) is 20.0 Å². The number of aryl methyl sites for hydroxylation is 2. The predicted molar refractivity (Wildman–Crippen MR) is 76.6 cm³/mol. The molecule has 1 N–H and O–H groups in total. The van der Waals surface area contributed by atoms with E-state index in [2.05, 4.69) is 9.97 Å². The molecule has 21 heavy (non-hydrogen) atoms. The highest BCUT2D eigenvalue weighted by Gasteiger charge is 2.32. The monoisotopic (exact) mass is 286 g/mol. The third kappa shape index (κ3) is 2.42. The van der Waals surface area contributed by atoms with Crippen molar-refractivity contribution in [2.24, 2.45) is 7.05 Å². The van der Waals surface area contributed by atoms with E-state index in [-0.39, 0.29) is 18.6 Å². The molecule has 0 aromatic carbocycles. The van der Waals surface area contributed by atoms with Gasteiger partial charge in [-0.2, -0.15) is 0 Å². The molecule has 6 nitrogen and oxygen atoms in total. The molecule has 1 amide bonds. The van der Waals surface area contributed by atoms with Gasteiger partial charge in [0.2, 0.25) is 0 Å². The van der Waals surface area contributed by atoms with E-state index in [1.807, 2.05) is 24.6 Å². The summed E-state index contributed by atoms with van der Waals surface area (Å²) >= 11 is 0. The molecule has 0 saturated carbocycles. The fraction of sp³-hybridized carbons (Fsp3) is 0.400. The maximum absolute atomic E-state index is 12.7. The third-order valence-corrected chi connectivity index (χ3v) is 3.93. The first kappa shape index (κ1) is 13.8. The molecule has 6 heteroatoms. The summed E-state index contributed by atoms with van der Waals surface area (Å²) in [6, 6.07) is 1.60. The zero-order chi connectivity index (χ0) is 15.0. The number of carbonyl (C=O) groups excluding carboxylic acids is 1. The Bertz CT molecular complexity index is 680. The smallest absolute Gasteiger partial charge is 0.256 e. The number of hydrogen-bond donors (Lipinski definition) is 1. The number of aliphatic hydroxyl groups is 1. The second-order valence-electron chi connectivity index (χ2n) is 5.47. The highest BCUT2D eigenvalue weighted by atomic mass is 16.3. The Morgan fingerprint density at radius 3 is 3.00 bits per heavy atom. The van der Waals surface area contributed by atoms with Crippen molar-refractivity contribution in [3.63, 3.8) is 0 Å². The van der Waals surface area contributed by atoms with Crippen LogP contribution in [0.25, 0.3) is 0 Å². The minimum Gasteiger partial charge on any atom is -0.394 e. The molecule has 110 valence electrons. The van der Waals surface area contributed by atoms with Gasteiger partial charge in [0.15, 0.2) is 0 Å². The number of imidazole rings is 1. The summed E-state index contributed by atoms with van der Waals surface area (Å²) in [5.74, 6) is -0.110. The van der Waals surface area contributed by atoms with Gasteiger partial charge in [-0.25, -0.2) is 4.98 Å². The van der Waals surface area contributed by atoms with E-state index >= 15 is 0 Å². The Morgan fingerprint density at radius 2 is 2.29 bits per heavy atom. The molecular formula is C15H18N4O2. The van der Waals surface area contributed by atoms with Crippen molar-refractivity contribution in [1.29, 1.82) is 0 Å². The lowest BCUT2D eigenvalue weighted by atomic mass is 10.0. The molecule has 1 aliphatic rings. The SMILES string of the molecule is Cc1cncc(C(=O)N2Cc3ncn(C)c3C[C@H]2CO)c1. The summed E-state index contributed by atoms with van der Waals surface area (Å²) < 4.78 is 1.95. The fourth-order valence-corrected chi connectivity index (χ4v) is 2.76. The topological polar surface area (TPSA) is 71.2 Å². The highest BCUT2D eigenvalue weighted by molar-refractivity contribution is 5.94. The molecule has 0 unspecified atom stereocenters. The molecule has 3 rings (SSSR count). The predicted octanol–water partition coefficient (Wildman–Crippen LogP) is 0.683. The molecule has 0 spiro atoms. The van der Waals surface area contributed by atoms with Crippen molar-refractivity contribution in [2.75, 3.05) is 6.61 Å². The van der Waals surface area contributed by atoms with Gasteiger partial charge in [0.25, 0.3) is 5.91 Å². The van der Waals surface area contributed by atoms with Crippen molar-refractivity contribution in [3.8, 4) is 0 Å². The van der Waals surface area contributed by atoms with Gasteiger partial charge in [0.05, 0.1) is 36.8 Å². The van der Waals surface area contributed by atoms with Crippen LogP contribution in [0.5, 0.6) is 0 Å². The van der Waals surface area contributed by atoms with Crippen molar-refractivity contribution >= 4 is 5.91 Å². The second-order valence-corrected chi connectivity index (χ2v) is 5.47. The van der Waals surface area contributed by atoms with Crippen LogP contribution in [0, 0.1) is 6.92 Å². The molecule has 0 radical (unpaired) electrons. The molecular weight excluding hydrogens is 268 g/mol. The average Bonchev–Trinajstić information content (AvgIpc) is 2.86. The number of aliphatic hydroxyl groups excluding tert-OH is 1. The number of rotatable bonds is 2. The zero-order valence-corrected chi connectivity index (χ0v) is 12.2. The molecule has 2 aromatic rings. The summed E-state index contributed by atoms with van der Waals surface area (Å²) in [7, 11) is 1.93. The van der Waals surface area contributed by atoms with Crippen LogP contribution in [0.1, 0.15) is 27.3 Å². The Morgan fingerprint density at radius 1 is 1.48 bits per heavy atom. The molecule has 3 heterocycles. The van der Waals surface area contributed by atoms with Crippen LogP contribution in [0.4, 0.5) is 0 Å². The zero-order valence-electron chi connectivity index (χ0n) is 12.2. The number of pyridine rings is 1. The first-order chi connectivity index (χ1) is 10.1. The van der Waals surface area contributed by atoms with Crippen LogP contribution in [0.3, 0.4) is 0 Å². The van der Waals surface area contributed by atoms with Crippen LogP contribution in [0.2, 0.25) is 0 Å². The van der Waals surface area contributed by atoms with E-state index in [9.17, 15) is 9.90 Å². The van der Waals surface area contributed by atoms with E-state index in [0.717, 1.165) is 17.0 Å². The van der Waals surface area contributed by atoms with Gasteiger partial charge < -0.3 is 14.6 Å². The van der Waals surface area contributed by atoms with Gasteiger partial charge in [0.1, 0.15) is 0 Å². The molecule has 2 aromatic heterocycles. The minimum atomic E-state index is -0.221. The Kier molecular flexibility index (Phi) is 3.47. The van der Waals surface area contributed by atoms with Gasteiger partial charge in [0, 0.05) is 31.6 Å². The van der Waals surface area contributed by atoms with E-state index in [0.29, 0.717) is 18.5 Å². The molecule has 0 aliphatic carbocycles. The van der Waals surface area contributed by atoms with Crippen molar-refractivity contribution in [2.45, 2.75) is 25.9 Å². The maximum Gasteiger partial charge on any atom is 0.256 e. The molecule has 0 bridgehead atoms. The first-order valence-corrected chi connectivity index (χ1v) is 6.92. The van der Waals surface area contributed by atoms with Crippen LogP contribution in [-0.4, -0.2) is 43.1 Å². The number of nitrogens with zero attached hydrogens (tertiary/aromatic N) is 4. The number of aromatic nitrogens is 3. The largest absolute Gasteiger partial charge is 0.394 e. The molecule has 1 aliphatic heterocycles. The van der Waals surface area contributed by atoms with Gasteiger partial charge in [-0.1, -0.05) is 0 Å². The van der Waals surface area contributed by atoms with Crippen LogP contribution < -0.4 is 0 Å². The van der Waals surface area contributed by atoms with E-state index in [1.165, 1.54) is 0 Å². The summed E-state index contributed by atoms with van der Waals surface area (Å²) in [6.07, 6.45) is 5.65. The first-order valence-electron chi connectivity index (χ1n) is 6.92. The van der Waals surface area contributed by atoms with Crippen molar-refractivity contribution in [1.82, 2.24) is 19.4 Å². The molecule has 0 saturated heterocycles. The summed E-state index contributed by atoms with van der Waals surface area (Å²) in [5, 5.41) is 9.63. The minimum absolute atomic E-state index is 0.0599. The lowest BCUT2D eigenvalue weighted by Gasteiger charge is -2.34. The van der Waals surface area contributed by atoms with Gasteiger partial charge in [-0.3, -0.25) is 9.78 Å². The Balaban J connectivity index is 1.92. The third-order valence-electron chi connectivity index (χ3n) is 3.93. The maximum atomic E-state index is 12.7. The van der Waals surface area contributed by atoms with E-state index in [4.69, 9.17) is 0 Å². The lowest BCUT2D eigenvalue weighted by Crippen LogP contribution is -2.46. The summed E-state index contributed by atoms with van der Waals surface area (Å²) in [6.45, 7) is 2.27. The number of carbonyl (C=O) groups is 1. The van der Waals surface area contributed by atoms with E-state index in [1.54, 1.807) is 23.6 Å². The van der Waals surface area contributed by atoms with Gasteiger partial charge in [-0.15, -0.1) is 0 Å². The van der Waals surface area contributed by atoms with Crippen LogP contribution >= 0.6 is 0 Å². The Hall–Kier alpha value is -2.21. The van der Waals surface area contributed by atoms with Gasteiger partial charge in [-0.05, 0) is 18.6 Å². The normalized spacial score (nSPS) is 17.7. The second kappa shape index (κ2) is 5.29. The quantitative estimate of drug-likeness (QED) is 0.881. The fourth-order valence-electron chi connectivity index (χ4n) is 2.76. The Labute approximate surface area is 123 Å².